The number of carbonyl (C=O) groups is 1. The third-order valence-corrected chi connectivity index (χ3v) is 8.25. The molecule has 2 aliphatic rings. The third-order valence-electron chi connectivity index (χ3n) is 8.25. The van der Waals surface area contributed by atoms with Crippen LogP contribution in [0.5, 0.6) is 0 Å². The van der Waals surface area contributed by atoms with Crippen LogP contribution in [-0.4, -0.2) is 46.5 Å². The van der Waals surface area contributed by atoms with Gasteiger partial charge in [-0.2, -0.15) is 4.98 Å². The zero-order valence-corrected chi connectivity index (χ0v) is 22.3. The van der Waals surface area contributed by atoms with Crippen molar-refractivity contribution in [3.8, 4) is 11.1 Å². The molecule has 0 radical (unpaired) electrons. The molecule has 0 unspecified atom stereocenters. The van der Waals surface area contributed by atoms with Gasteiger partial charge in [-0.25, -0.2) is 4.98 Å². The van der Waals surface area contributed by atoms with Crippen molar-refractivity contribution in [3.63, 3.8) is 0 Å². The second-order valence-corrected chi connectivity index (χ2v) is 10.8. The van der Waals surface area contributed by atoms with Gasteiger partial charge < -0.3 is 10.2 Å². The molecule has 7 heteroatoms. The van der Waals surface area contributed by atoms with Crippen LogP contribution < -0.4 is 15.8 Å². The molecule has 1 aliphatic heterocycles. The van der Waals surface area contributed by atoms with Crippen LogP contribution >= 0.6 is 0 Å². The van der Waals surface area contributed by atoms with E-state index in [0.29, 0.717) is 23.1 Å². The lowest BCUT2D eigenvalue weighted by Gasteiger charge is -2.32. The number of anilines is 1. The van der Waals surface area contributed by atoms with Gasteiger partial charge >= 0.3 is 0 Å². The molecule has 0 atom stereocenters. The number of carbonyl (C=O) groups excluding carboxylic acids is 1. The van der Waals surface area contributed by atoms with Crippen LogP contribution in [0.3, 0.4) is 0 Å². The fraction of sp³-hybridized carbons (Fsp3) is 0.375. The summed E-state index contributed by atoms with van der Waals surface area (Å²) in [5.41, 5.74) is 3.95. The van der Waals surface area contributed by atoms with E-state index in [-0.39, 0.29) is 11.6 Å². The fourth-order valence-electron chi connectivity index (χ4n) is 6.10. The summed E-state index contributed by atoms with van der Waals surface area (Å²) >= 11 is 0. The van der Waals surface area contributed by atoms with Crippen LogP contribution in [0, 0.1) is 0 Å². The van der Waals surface area contributed by atoms with Crippen LogP contribution in [0.4, 0.5) is 5.95 Å². The molecule has 2 aromatic heterocycles. The number of hydrogen-bond acceptors (Lipinski definition) is 6. The van der Waals surface area contributed by atoms with Crippen molar-refractivity contribution >= 4 is 23.3 Å². The predicted octanol–water partition coefficient (Wildman–Crippen LogP) is 5.19. The highest BCUT2D eigenvalue weighted by Crippen LogP contribution is 2.32. The first-order valence-corrected chi connectivity index (χ1v) is 14.2. The van der Waals surface area contributed by atoms with Crippen LogP contribution in [-0.2, 0) is 6.42 Å². The van der Waals surface area contributed by atoms with Gasteiger partial charge in [-0.3, -0.25) is 14.2 Å². The molecule has 200 valence electrons. The lowest BCUT2D eigenvalue weighted by molar-refractivity contribution is 0.112. The van der Waals surface area contributed by atoms with E-state index in [1.54, 1.807) is 12.1 Å². The number of piperidine rings is 1. The molecule has 0 bridgehead atoms. The summed E-state index contributed by atoms with van der Waals surface area (Å²) in [6.07, 6.45) is 9.98. The highest BCUT2D eigenvalue weighted by atomic mass is 16.1. The van der Waals surface area contributed by atoms with Gasteiger partial charge in [0.15, 0.2) is 0 Å². The number of pyridine rings is 1. The summed E-state index contributed by atoms with van der Waals surface area (Å²) in [7, 11) is 0. The van der Waals surface area contributed by atoms with Gasteiger partial charge in [0, 0.05) is 47.9 Å². The Balaban J connectivity index is 1.23. The van der Waals surface area contributed by atoms with Gasteiger partial charge in [-0.05, 0) is 61.9 Å². The number of nitrogens with zero attached hydrogens (tertiary/aromatic N) is 4. The Bertz CT molecular complexity index is 1500. The lowest BCUT2D eigenvalue weighted by atomic mass is 10.0. The molecule has 1 aliphatic carbocycles. The van der Waals surface area contributed by atoms with Crippen LogP contribution in [0.1, 0.15) is 60.5 Å². The van der Waals surface area contributed by atoms with Crippen LogP contribution in [0.2, 0.25) is 0 Å². The summed E-state index contributed by atoms with van der Waals surface area (Å²) in [4.78, 5) is 37.3. The summed E-state index contributed by atoms with van der Waals surface area (Å²) in [6.45, 7) is 2.75. The molecule has 2 aromatic carbocycles. The number of benzene rings is 2. The standard InChI is InChI=1S/C32H35N5O2/c38-22-24-9-6-10-25(19-24)29-20-26-21-34-32(35-30(26)37(31(29)39)28-11-4-5-12-28)36-17-14-27(15-18-36)33-16-13-23-7-2-1-3-8-23/h1-3,6-10,19-22,27-28,33H,4-5,11-18H2. The van der Waals surface area contributed by atoms with E-state index in [1.807, 2.05) is 29.0 Å². The van der Waals surface area contributed by atoms with Crippen LogP contribution in [0.25, 0.3) is 22.2 Å². The average molecular weight is 522 g/mol. The number of aromatic nitrogens is 3. The Kier molecular flexibility index (Phi) is 7.50. The first-order chi connectivity index (χ1) is 19.2. The minimum atomic E-state index is -0.0385. The van der Waals surface area contributed by atoms with Crippen molar-refractivity contribution in [1.29, 1.82) is 0 Å². The van der Waals surface area contributed by atoms with Crippen molar-refractivity contribution in [3.05, 3.63) is 88.3 Å². The van der Waals surface area contributed by atoms with E-state index >= 15 is 0 Å². The van der Waals surface area contributed by atoms with E-state index in [2.05, 4.69) is 40.5 Å². The Morgan fingerprint density at radius 3 is 2.51 bits per heavy atom. The zero-order chi connectivity index (χ0) is 26.6. The Morgan fingerprint density at radius 2 is 1.74 bits per heavy atom. The predicted molar refractivity (Wildman–Crippen MR) is 156 cm³/mol. The molecule has 6 rings (SSSR count). The van der Waals surface area contributed by atoms with Crippen molar-refractivity contribution in [2.24, 2.45) is 0 Å². The molecule has 4 aromatic rings. The largest absolute Gasteiger partial charge is 0.341 e. The molecule has 1 N–H and O–H groups in total. The van der Waals surface area contributed by atoms with E-state index < -0.39 is 0 Å². The maximum atomic E-state index is 13.9. The monoisotopic (exact) mass is 521 g/mol. The topological polar surface area (TPSA) is 80.1 Å². The number of fused-ring (bicyclic) bond motifs is 1. The smallest absolute Gasteiger partial charge is 0.260 e. The summed E-state index contributed by atoms with van der Waals surface area (Å²) in [5.74, 6) is 0.701. The van der Waals surface area contributed by atoms with Gasteiger partial charge in [0.1, 0.15) is 11.9 Å². The third kappa shape index (κ3) is 5.50. The summed E-state index contributed by atoms with van der Waals surface area (Å²) in [5, 5.41) is 4.58. The molecule has 1 saturated heterocycles. The van der Waals surface area contributed by atoms with Crippen LogP contribution in [0.15, 0.2) is 71.7 Å². The second-order valence-electron chi connectivity index (χ2n) is 10.8. The molecule has 3 heterocycles. The Labute approximate surface area is 228 Å². The molecule has 2 fully saturated rings. The average Bonchev–Trinajstić information content (AvgIpc) is 3.52. The van der Waals surface area contributed by atoms with Crippen molar-refractivity contribution in [2.45, 2.75) is 57.0 Å². The maximum absolute atomic E-state index is 13.9. The van der Waals surface area contributed by atoms with Gasteiger partial charge in [-0.1, -0.05) is 61.4 Å². The van der Waals surface area contributed by atoms with E-state index in [0.717, 1.165) is 87.5 Å². The number of hydrogen-bond donors (Lipinski definition) is 1. The van der Waals surface area contributed by atoms with Gasteiger partial charge in [0.2, 0.25) is 5.95 Å². The van der Waals surface area contributed by atoms with Gasteiger partial charge in [-0.15, -0.1) is 0 Å². The van der Waals surface area contributed by atoms with Crippen molar-refractivity contribution in [1.82, 2.24) is 19.9 Å². The summed E-state index contributed by atoms with van der Waals surface area (Å²) in [6, 6.07) is 20.4. The molecule has 1 saturated carbocycles. The lowest BCUT2D eigenvalue weighted by Crippen LogP contribution is -2.43. The summed E-state index contributed by atoms with van der Waals surface area (Å²) < 4.78 is 1.91. The first kappa shape index (κ1) is 25.4. The molecule has 0 amide bonds. The van der Waals surface area contributed by atoms with E-state index in [1.165, 1.54) is 5.56 Å². The minimum absolute atomic E-state index is 0.0385. The number of rotatable bonds is 8. The molecule has 0 spiro atoms. The second kappa shape index (κ2) is 11.5. The first-order valence-electron chi connectivity index (χ1n) is 14.2. The molecular formula is C32H35N5O2. The number of aldehydes is 1. The Morgan fingerprint density at radius 1 is 0.949 bits per heavy atom. The minimum Gasteiger partial charge on any atom is -0.341 e. The van der Waals surface area contributed by atoms with E-state index in [4.69, 9.17) is 9.97 Å². The highest BCUT2D eigenvalue weighted by Gasteiger charge is 2.25. The van der Waals surface area contributed by atoms with Gasteiger partial charge in [0.25, 0.3) is 5.56 Å². The quantitative estimate of drug-likeness (QED) is 0.322. The molecular weight excluding hydrogens is 486 g/mol. The normalized spacial score (nSPS) is 16.7. The highest BCUT2D eigenvalue weighted by molar-refractivity contribution is 5.84. The SMILES string of the molecule is O=Cc1cccc(-c2cc3cnc(N4CCC(NCCc5ccccc5)CC4)nc3n(C3CCCC3)c2=O)c1. The van der Waals surface area contributed by atoms with Crippen molar-refractivity contribution < 1.29 is 4.79 Å². The number of nitrogens with one attached hydrogen (secondary N) is 1. The van der Waals surface area contributed by atoms with Crippen molar-refractivity contribution in [2.75, 3.05) is 24.5 Å². The molecule has 39 heavy (non-hydrogen) atoms. The zero-order valence-electron chi connectivity index (χ0n) is 22.3. The molecule has 7 nitrogen and oxygen atoms in total. The van der Waals surface area contributed by atoms with E-state index in [9.17, 15) is 9.59 Å². The van der Waals surface area contributed by atoms with Gasteiger partial charge in [0.05, 0.1) is 0 Å². The maximum Gasteiger partial charge on any atom is 0.260 e. The fourth-order valence-corrected chi connectivity index (χ4v) is 6.10. The Hall–Kier alpha value is -3.84.